The Labute approximate surface area is 201 Å². The average molecular weight is 478 g/mol. The Morgan fingerprint density at radius 2 is 1.78 bits per heavy atom. The van der Waals surface area contributed by atoms with E-state index in [2.05, 4.69) is 29.5 Å². The second kappa shape index (κ2) is 12.4. The zero-order chi connectivity index (χ0) is 22.9. The molecule has 0 spiro atoms. The highest BCUT2D eigenvalue weighted by atomic mass is 35.5. The van der Waals surface area contributed by atoms with E-state index in [1.54, 1.807) is 12.3 Å². The standard InChI is InChI=1S/C25H33Cl2N3O2/c1-3-5-18(6-4-2)25(31)30-24-14-21(23(27)16-29-24)20-13-19(7-8-22(20)26)28-15-17-9-11-32-12-10-17/h7-8,13-14,16-18,28H,3-6,9-12,15H2,1-2H3,(H,29,30,31). The van der Waals surface area contributed by atoms with Gasteiger partial charge in [-0.2, -0.15) is 0 Å². The molecule has 1 amide bonds. The van der Waals surface area contributed by atoms with Crippen LogP contribution < -0.4 is 10.6 Å². The number of ether oxygens (including phenoxy) is 1. The lowest BCUT2D eigenvalue weighted by molar-refractivity contribution is -0.120. The number of carbonyl (C=O) groups is 1. The zero-order valence-corrected chi connectivity index (χ0v) is 20.4. The van der Waals surface area contributed by atoms with Crippen LogP contribution in [0, 0.1) is 11.8 Å². The van der Waals surface area contributed by atoms with Crippen molar-refractivity contribution in [1.29, 1.82) is 0 Å². The van der Waals surface area contributed by atoms with E-state index in [4.69, 9.17) is 27.9 Å². The third-order valence-corrected chi connectivity index (χ3v) is 6.57. The van der Waals surface area contributed by atoms with Crippen molar-refractivity contribution in [3.05, 3.63) is 40.5 Å². The summed E-state index contributed by atoms with van der Waals surface area (Å²) in [7, 11) is 0. The molecule has 1 aliphatic heterocycles. The van der Waals surface area contributed by atoms with E-state index in [0.29, 0.717) is 21.8 Å². The first-order chi connectivity index (χ1) is 15.5. The molecule has 174 valence electrons. The number of pyridine rings is 1. The van der Waals surface area contributed by atoms with Gasteiger partial charge in [0.15, 0.2) is 0 Å². The molecule has 5 nitrogen and oxygen atoms in total. The van der Waals surface area contributed by atoms with Crippen molar-refractivity contribution in [3.63, 3.8) is 0 Å². The van der Waals surface area contributed by atoms with E-state index in [9.17, 15) is 4.79 Å². The van der Waals surface area contributed by atoms with Gasteiger partial charge in [0, 0.05) is 53.7 Å². The van der Waals surface area contributed by atoms with Gasteiger partial charge in [0.2, 0.25) is 5.91 Å². The first kappa shape index (κ1) is 24.8. The van der Waals surface area contributed by atoms with Crippen LogP contribution in [-0.2, 0) is 9.53 Å². The number of amides is 1. The predicted molar refractivity (Wildman–Crippen MR) is 134 cm³/mol. The smallest absolute Gasteiger partial charge is 0.228 e. The number of benzene rings is 1. The SMILES string of the molecule is CCCC(CCC)C(=O)Nc1cc(-c2cc(NCC3CCOCC3)ccc2Cl)c(Cl)cn1. The summed E-state index contributed by atoms with van der Waals surface area (Å²) in [5, 5.41) is 7.58. The number of halogens is 2. The minimum absolute atomic E-state index is 0.00690. The van der Waals surface area contributed by atoms with Gasteiger partial charge in [-0.1, -0.05) is 49.9 Å². The van der Waals surface area contributed by atoms with Gasteiger partial charge in [-0.05, 0) is 55.9 Å². The topological polar surface area (TPSA) is 63.2 Å². The van der Waals surface area contributed by atoms with Crippen LogP contribution in [0.25, 0.3) is 11.1 Å². The van der Waals surface area contributed by atoms with E-state index < -0.39 is 0 Å². The molecule has 0 aliphatic carbocycles. The van der Waals surface area contributed by atoms with Crippen molar-refractivity contribution < 1.29 is 9.53 Å². The largest absolute Gasteiger partial charge is 0.385 e. The molecule has 0 saturated carbocycles. The summed E-state index contributed by atoms with van der Waals surface area (Å²) < 4.78 is 5.44. The fraction of sp³-hybridized carbons (Fsp3) is 0.520. The molecule has 0 unspecified atom stereocenters. The van der Waals surface area contributed by atoms with Gasteiger partial charge in [0.05, 0.1) is 5.02 Å². The van der Waals surface area contributed by atoms with Crippen molar-refractivity contribution in [2.75, 3.05) is 30.4 Å². The molecular weight excluding hydrogens is 445 g/mol. The van der Waals surface area contributed by atoms with Crippen LogP contribution in [-0.4, -0.2) is 30.6 Å². The summed E-state index contributed by atoms with van der Waals surface area (Å²) in [6.45, 7) is 6.75. The maximum atomic E-state index is 12.8. The molecular formula is C25H33Cl2N3O2. The molecule has 0 atom stereocenters. The van der Waals surface area contributed by atoms with Gasteiger partial charge in [0.25, 0.3) is 0 Å². The third-order valence-electron chi connectivity index (χ3n) is 5.94. The molecule has 1 fully saturated rings. The first-order valence-corrected chi connectivity index (χ1v) is 12.3. The van der Waals surface area contributed by atoms with Gasteiger partial charge < -0.3 is 15.4 Å². The maximum Gasteiger partial charge on any atom is 0.228 e. The highest BCUT2D eigenvalue weighted by Gasteiger charge is 2.19. The van der Waals surface area contributed by atoms with Crippen molar-refractivity contribution in [1.82, 2.24) is 4.98 Å². The van der Waals surface area contributed by atoms with Gasteiger partial charge >= 0.3 is 0 Å². The van der Waals surface area contributed by atoms with Crippen LogP contribution in [0.4, 0.5) is 11.5 Å². The second-order valence-corrected chi connectivity index (χ2v) is 9.26. The summed E-state index contributed by atoms with van der Waals surface area (Å²) >= 11 is 13.0. The van der Waals surface area contributed by atoms with Crippen LogP contribution in [0.1, 0.15) is 52.4 Å². The number of hydrogen-bond donors (Lipinski definition) is 2. The van der Waals surface area contributed by atoms with Crippen LogP contribution in [0.15, 0.2) is 30.5 Å². The number of carbonyl (C=O) groups excluding carboxylic acids is 1. The lowest BCUT2D eigenvalue weighted by Gasteiger charge is -2.23. The van der Waals surface area contributed by atoms with E-state index in [0.717, 1.165) is 75.1 Å². The predicted octanol–water partition coefficient (Wildman–Crippen LogP) is 7.05. The zero-order valence-electron chi connectivity index (χ0n) is 18.9. The van der Waals surface area contributed by atoms with Crippen LogP contribution in [0.5, 0.6) is 0 Å². The van der Waals surface area contributed by atoms with Crippen LogP contribution in [0.3, 0.4) is 0 Å². The molecule has 0 radical (unpaired) electrons. The molecule has 2 heterocycles. The van der Waals surface area contributed by atoms with Gasteiger partial charge in [0.1, 0.15) is 5.82 Å². The number of aromatic nitrogens is 1. The summed E-state index contributed by atoms with van der Waals surface area (Å²) in [6, 6.07) is 7.66. The molecule has 32 heavy (non-hydrogen) atoms. The Bertz CT molecular complexity index is 895. The Morgan fingerprint density at radius 1 is 1.09 bits per heavy atom. The number of anilines is 2. The third kappa shape index (κ3) is 6.84. The van der Waals surface area contributed by atoms with Gasteiger partial charge in [-0.15, -0.1) is 0 Å². The Kier molecular flexibility index (Phi) is 9.64. The first-order valence-electron chi connectivity index (χ1n) is 11.6. The quantitative estimate of drug-likeness (QED) is 0.384. The molecule has 2 N–H and O–H groups in total. The lowest BCUT2D eigenvalue weighted by atomic mass is 9.97. The van der Waals surface area contributed by atoms with Crippen molar-refractivity contribution >= 4 is 40.6 Å². The molecule has 1 aliphatic rings. The number of nitrogens with zero attached hydrogens (tertiary/aromatic N) is 1. The van der Waals surface area contributed by atoms with E-state index in [1.165, 1.54) is 0 Å². The number of hydrogen-bond acceptors (Lipinski definition) is 4. The van der Waals surface area contributed by atoms with Crippen LogP contribution >= 0.6 is 23.2 Å². The molecule has 0 bridgehead atoms. The average Bonchev–Trinajstić information content (AvgIpc) is 2.80. The molecule has 3 rings (SSSR count). The highest BCUT2D eigenvalue weighted by Crippen LogP contribution is 2.36. The molecule has 1 aromatic carbocycles. The second-order valence-electron chi connectivity index (χ2n) is 8.44. The summed E-state index contributed by atoms with van der Waals surface area (Å²) in [6.07, 6.45) is 7.40. The number of rotatable bonds is 10. The fourth-order valence-corrected chi connectivity index (χ4v) is 4.52. The summed E-state index contributed by atoms with van der Waals surface area (Å²) in [4.78, 5) is 17.1. The molecule has 2 aromatic rings. The van der Waals surface area contributed by atoms with Gasteiger partial charge in [-0.3, -0.25) is 4.79 Å². The van der Waals surface area contributed by atoms with Crippen molar-refractivity contribution in [2.24, 2.45) is 11.8 Å². The maximum absolute atomic E-state index is 12.8. The van der Waals surface area contributed by atoms with E-state index in [-0.39, 0.29) is 11.8 Å². The molecule has 7 heteroatoms. The van der Waals surface area contributed by atoms with Gasteiger partial charge in [-0.25, -0.2) is 4.98 Å². The van der Waals surface area contributed by atoms with E-state index >= 15 is 0 Å². The van der Waals surface area contributed by atoms with Crippen LogP contribution in [0.2, 0.25) is 10.0 Å². The normalized spacial score (nSPS) is 14.5. The summed E-state index contributed by atoms with van der Waals surface area (Å²) in [5.41, 5.74) is 2.55. The lowest BCUT2D eigenvalue weighted by Crippen LogP contribution is -2.23. The minimum atomic E-state index is -0.00719. The molecule has 1 saturated heterocycles. The van der Waals surface area contributed by atoms with Crippen molar-refractivity contribution in [2.45, 2.75) is 52.4 Å². The fourth-order valence-electron chi connectivity index (χ4n) is 4.10. The highest BCUT2D eigenvalue weighted by molar-refractivity contribution is 6.36. The summed E-state index contributed by atoms with van der Waals surface area (Å²) in [5.74, 6) is 1.09. The van der Waals surface area contributed by atoms with Crippen molar-refractivity contribution in [3.8, 4) is 11.1 Å². The molecule has 1 aromatic heterocycles. The monoisotopic (exact) mass is 477 g/mol. The Hall–Kier alpha value is -1.82. The minimum Gasteiger partial charge on any atom is -0.385 e. The Morgan fingerprint density at radius 3 is 2.47 bits per heavy atom. The van der Waals surface area contributed by atoms with E-state index in [1.807, 2.05) is 18.2 Å². The Balaban J connectivity index is 1.77. The number of nitrogens with one attached hydrogen (secondary N) is 2.